The molecule has 0 bridgehead atoms. The molecule has 98 valence electrons. The normalized spacial score (nSPS) is 11.0. The summed E-state index contributed by atoms with van der Waals surface area (Å²) in [6.07, 6.45) is 4.46. The van der Waals surface area contributed by atoms with Crippen molar-refractivity contribution in [1.29, 1.82) is 0 Å². The Balaban J connectivity index is 1.74. The number of hydrogen-bond donors (Lipinski definition) is 0. The number of carbonyl (C=O) groups excluding carboxylic acids is 1. The van der Waals surface area contributed by atoms with Crippen LogP contribution in [-0.2, 0) is 4.79 Å². The summed E-state index contributed by atoms with van der Waals surface area (Å²) in [5.41, 5.74) is 0. The Labute approximate surface area is 116 Å². The largest absolute Gasteiger partial charge is 0.465 e. The van der Waals surface area contributed by atoms with Gasteiger partial charge in [0, 0.05) is 6.08 Å². The van der Waals surface area contributed by atoms with Crippen molar-refractivity contribution in [1.82, 2.24) is 0 Å². The smallest absolute Gasteiger partial charge is 0.336 e. The molecule has 0 radical (unpaired) electrons. The second kappa shape index (κ2) is 5.45. The molecule has 0 unspecified atom stereocenters. The number of furan rings is 1. The second-order valence-corrected chi connectivity index (χ2v) is 4.28. The zero-order chi connectivity index (χ0) is 13.8. The van der Waals surface area contributed by atoms with Crippen molar-refractivity contribution < 1.29 is 13.9 Å². The minimum Gasteiger partial charge on any atom is -0.465 e. The Bertz CT molecular complexity index is 755. The third-order valence-electron chi connectivity index (χ3n) is 2.87. The van der Waals surface area contributed by atoms with E-state index in [2.05, 4.69) is 0 Å². The lowest BCUT2D eigenvalue weighted by molar-refractivity contribution is -0.128. The number of esters is 1. The minimum absolute atomic E-state index is 0.434. The molecule has 0 amide bonds. The molecule has 20 heavy (non-hydrogen) atoms. The van der Waals surface area contributed by atoms with E-state index in [1.54, 1.807) is 30.5 Å². The van der Waals surface area contributed by atoms with Crippen LogP contribution in [0.1, 0.15) is 5.76 Å². The van der Waals surface area contributed by atoms with Crippen LogP contribution in [0.15, 0.2) is 71.4 Å². The number of carbonyl (C=O) groups is 1. The standard InChI is InChI=1S/C17H12O3/c18-17(10-9-15-6-3-11-19-15)20-16-8-7-13-4-1-2-5-14(13)12-16/h1-12H/b10-9+. The molecule has 0 spiro atoms. The summed E-state index contributed by atoms with van der Waals surface area (Å²) < 4.78 is 10.4. The quantitative estimate of drug-likeness (QED) is 0.407. The van der Waals surface area contributed by atoms with Gasteiger partial charge in [0.05, 0.1) is 6.26 Å². The molecule has 0 aliphatic carbocycles. The number of fused-ring (bicyclic) bond motifs is 1. The molecule has 0 N–H and O–H groups in total. The van der Waals surface area contributed by atoms with Crippen molar-refractivity contribution in [3.8, 4) is 5.75 Å². The van der Waals surface area contributed by atoms with Crippen molar-refractivity contribution in [2.24, 2.45) is 0 Å². The maximum Gasteiger partial charge on any atom is 0.336 e. The lowest BCUT2D eigenvalue weighted by Gasteiger charge is -2.03. The molecule has 0 saturated heterocycles. The molecule has 3 nitrogen and oxygen atoms in total. The first kappa shape index (κ1) is 12.2. The molecule has 0 fully saturated rings. The predicted molar refractivity (Wildman–Crippen MR) is 77.3 cm³/mol. The van der Waals surface area contributed by atoms with Crippen molar-refractivity contribution >= 4 is 22.8 Å². The fraction of sp³-hybridized carbons (Fsp3) is 0. The molecule has 3 rings (SSSR count). The van der Waals surface area contributed by atoms with Gasteiger partial charge < -0.3 is 9.15 Å². The number of hydrogen-bond acceptors (Lipinski definition) is 3. The van der Waals surface area contributed by atoms with Crippen molar-refractivity contribution in [3.63, 3.8) is 0 Å². The minimum atomic E-state index is -0.434. The number of rotatable bonds is 3. The maximum absolute atomic E-state index is 11.7. The van der Waals surface area contributed by atoms with Gasteiger partial charge in [-0.1, -0.05) is 30.3 Å². The van der Waals surface area contributed by atoms with Crippen LogP contribution < -0.4 is 4.74 Å². The van der Waals surface area contributed by atoms with Gasteiger partial charge in [-0.25, -0.2) is 4.79 Å². The Morgan fingerprint density at radius 2 is 1.85 bits per heavy atom. The first-order chi connectivity index (χ1) is 9.81. The fourth-order valence-corrected chi connectivity index (χ4v) is 1.92. The summed E-state index contributed by atoms with van der Waals surface area (Å²) in [5, 5.41) is 2.14. The van der Waals surface area contributed by atoms with Gasteiger partial charge in [-0.05, 0) is 41.1 Å². The first-order valence-electron chi connectivity index (χ1n) is 6.23. The number of benzene rings is 2. The zero-order valence-corrected chi connectivity index (χ0v) is 10.7. The van der Waals surface area contributed by atoms with Crippen molar-refractivity contribution in [3.05, 3.63) is 72.7 Å². The average Bonchev–Trinajstić information content (AvgIpc) is 2.98. The molecule has 0 aliphatic heterocycles. The summed E-state index contributed by atoms with van der Waals surface area (Å²) in [6.45, 7) is 0. The SMILES string of the molecule is O=C(/C=C/c1ccco1)Oc1ccc2ccccc2c1. The lowest BCUT2D eigenvalue weighted by Crippen LogP contribution is -2.03. The summed E-state index contributed by atoms with van der Waals surface area (Å²) >= 11 is 0. The fourth-order valence-electron chi connectivity index (χ4n) is 1.92. The molecule has 0 atom stereocenters. The Hall–Kier alpha value is -2.81. The molecule has 1 aromatic heterocycles. The van der Waals surface area contributed by atoms with E-state index in [0.717, 1.165) is 10.8 Å². The van der Waals surface area contributed by atoms with Gasteiger partial charge >= 0.3 is 5.97 Å². The molecular formula is C17H12O3. The van der Waals surface area contributed by atoms with E-state index < -0.39 is 5.97 Å². The van der Waals surface area contributed by atoms with E-state index in [1.165, 1.54) is 6.08 Å². The molecule has 0 aliphatic rings. The Kier molecular flexibility index (Phi) is 3.33. The highest BCUT2D eigenvalue weighted by Gasteiger charge is 2.02. The highest BCUT2D eigenvalue weighted by molar-refractivity contribution is 5.89. The van der Waals surface area contributed by atoms with Gasteiger partial charge in [-0.2, -0.15) is 0 Å². The van der Waals surface area contributed by atoms with Crippen LogP contribution >= 0.6 is 0 Å². The molecule has 0 saturated carbocycles. The van der Waals surface area contributed by atoms with Gasteiger partial charge in [0.2, 0.25) is 0 Å². The summed E-state index contributed by atoms with van der Waals surface area (Å²) in [7, 11) is 0. The summed E-state index contributed by atoms with van der Waals surface area (Å²) in [6, 6.07) is 17.0. The van der Waals surface area contributed by atoms with E-state index in [1.807, 2.05) is 36.4 Å². The van der Waals surface area contributed by atoms with Gasteiger partial charge in [-0.15, -0.1) is 0 Å². The van der Waals surface area contributed by atoms with Gasteiger partial charge in [0.15, 0.2) is 0 Å². The third-order valence-corrected chi connectivity index (χ3v) is 2.87. The maximum atomic E-state index is 11.7. The van der Waals surface area contributed by atoms with E-state index in [-0.39, 0.29) is 0 Å². The van der Waals surface area contributed by atoms with Gasteiger partial charge in [0.1, 0.15) is 11.5 Å². The van der Waals surface area contributed by atoms with Gasteiger partial charge in [0.25, 0.3) is 0 Å². The van der Waals surface area contributed by atoms with E-state index >= 15 is 0 Å². The summed E-state index contributed by atoms with van der Waals surface area (Å²) in [4.78, 5) is 11.7. The number of ether oxygens (including phenoxy) is 1. The van der Waals surface area contributed by atoms with Crippen LogP contribution in [0.2, 0.25) is 0 Å². The molecule has 3 heteroatoms. The molecular weight excluding hydrogens is 252 g/mol. The Morgan fingerprint density at radius 1 is 1.00 bits per heavy atom. The molecule has 1 heterocycles. The van der Waals surface area contributed by atoms with Crippen LogP contribution in [0.25, 0.3) is 16.8 Å². The van der Waals surface area contributed by atoms with Crippen LogP contribution in [0.4, 0.5) is 0 Å². The van der Waals surface area contributed by atoms with Crippen LogP contribution in [0.5, 0.6) is 5.75 Å². The van der Waals surface area contributed by atoms with Crippen LogP contribution in [-0.4, -0.2) is 5.97 Å². The van der Waals surface area contributed by atoms with E-state index in [0.29, 0.717) is 11.5 Å². The van der Waals surface area contributed by atoms with E-state index in [9.17, 15) is 4.79 Å². The highest BCUT2D eigenvalue weighted by atomic mass is 16.5. The third kappa shape index (κ3) is 2.78. The molecule has 3 aromatic rings. The van der Waals surface area contributed by atoms with E-state index in [4.69, 9.17) is 9.15 Å². The first-order valence-corrected chi connectivity index (χ1v) is 6.23. The van der Waals surface area contributed by atoms with Crippen LogP contribution in [0, 0.1) is 0 Å². The second-order valence-electron chi connectivity index (χ2n) is 4.28. The molecule has 2 aromatic carbocycles. The Morgan fingerprint density at radius 3 is 2.65 bits per heavy atom. The highest BCUT2D eigenvalue weighted by Crippen LogP contribution is 2.20. The van der Waals surface area contributed by atoms with Crippen molar-refractivity contribution in [2.75, 3.05) is 0 Å². The summed E-state index contributed by atoms with van der Waals surface area (Å²) in [5.74, 6) is 0.704. The monoisotopic (exact) mass is 264 g/mol. The topological polar surface area (TPSA) is 39.4 Å². The van der Waals surface area contributed by atoms with Crippen LogP contribution in [0.3, 0.4) is 0 Å². The zero-order valence-electron chi connectivity index (χ0n) is 10.7. The van der Waals surface area contributed by atoms with Gasteiger partial charge in [-0.3, -0.25) is 0 Å². The average molecular weight is 264 g/mol. The lowest BCUT2D eigenvalue weighted by atomic mass is 10.1. The predicted octanol–water partition coefficient (Wildman–Crippen LogP) is 4.05. The van der Waals surface area contributed by atoms with Crippen molar-refractivity contribution in [2.45, 2.75) is 0 Å².